The standard InChI is InChI=1S/C55H76BrN9O15/c1-11-17-41(67)57-29(6)47(70)62-46(31(8)79-54(77)30(7)58-42(68)18-12-2)51(74)63-45-32(9)80-55(78)44(28(4)5)61-49(72)38(27-34-21-23-40(66)35(56)25-34)64(10)53(76)39(26-33-19-15-14-16-20-33)65-43(69)24-22-37(52(65)75)60-48(71)36(13-3)59-50(45)73/h13-16,19-21,23,25,28-32,37-39,43-46,66,69H,11-12,17-18,22,24,26-27H2,1-10H3,(H,57,67)(H,58,68)(H,59,73)(H,60,71)(H,61,72)(H,62,70)(H,63,74)/b36-13+/t29-,30-,31+,32+,37-,38-,39-,43?,44-,45-,46-/m0/s1. The lowest BCUT2D eigenvalue weighted by molar-refractivity contribution is -0.165. The largest absolute Gasteiger partial charge is 0.507 e. The summed E-state index contributed by atoms with van der Waals surface area (Å²) >= 11 is 3.29. The van der Waals surface area contributed by atoms with Crippen LogP contribution < -0.4 is 37.2 Å². The van der Waals surface area contributed by atoms with Gasteiger partial charge in [0.2, 0.25) is 41.4 Å². The first-order valence-electron chi connectivity index (χ1n) is 26.7. The van der Waals surface area contributed by atoms with Crippen molar-refractivity contribution in [3.05, 3.63) is 75.9 Å². The predicted octanol–water partition coefficient (Wildman–Crippen LogP) is 1.18. The molecule has 0 aromatic heterocycles. The van der Waals surface area contributed by atoms with E-state index in [1.807, 2.05) is 0 Å². The highest BCUT2D eigenvalue weighted by Gasteiger charge is 2.46. The monoisotopic (exact) mass is 1180 g/mol. The normalized spacial score (nSPS) is 23.6. The lowest BCUT2D eigenvalue weighted by atomic mass is 9.95. The molecular weight excluding hydrogens is 1110 g/mol. The summed E-state index contributed by atoms with van der Waals surface area (Å²) in [6.07, 6.45) is -3.18. The molecule has 0 radical (unpaired) electrons. The van der Waals surface area contributed by atoms with Crippen molar-refractivity contribution in [1.82, 2.24) is 47.0 Å². The minimum absolute atomic E-state index is 0.0706. The maximum atomic E-state index is 15.1. The second-order valence-electron chi connectivity index (χ2n) is 20.2. The summed E-state index contributed by atoms with van der Waals surface area (Å²) in [4.78, 5) is 157. The van der Waals surface area contributed by atoms with Crippen molar-refractivity contribution in [1.29, 1.82) is 0 Å². The number of phenols is 1. The molecule has 9 N–H and O–H groups in total. The summed E-state index contributed by atoms with van der Waals surface area (Å²) in [5.74, 6) is -10.9. The van der Waals surface area contributed by atoms with Crippen molar-refractivity contribution < 1.29 is 72.4 Å². The molecule has 2 aliphatic heterocycles. The van der Waals surface area contributed by atoms with Crippen LogP contribution in [0.3, 0.4) is 0 Å². The number of carbonyl (C=O) groups excluding carboxylic acids is 11. The molecule has 80 heavy (non-hydrogen) atoms. The Hall–Kier alpha value is -7.41. The van der Waals surface area contributed by atoms with E-state index < -0.39 is 143 Å². The number of carbonyl (C=O) groups is 11. The summed E-state index contributed by atoms with van der Waals surface area (Å²) in [6, 6.07) is 0.829. The average Bonchev–Trinajstić information content (AvgIpc) is 3.40. The number of likely N-dealkylation sites (N-methyl/N-ethyl adjacent to an activating group) is 1. The molecule has 2 saturated heterocycles. The predicted molar refractivity (Wildman–Crippen MR) is 293 cm³/mol. The first-order valence-corrected chi connectivity index (χ1v) is 27.5. The highest BCUT2D eigenvalue weighted by molar-refractivity contribution is 9.10. The van der Waals surface area contributed by atoms with E-state index in [4.69, 9.17) is 9.47 Å². The van der Waals surface area contributed by atoms with Gasteiger partial charge in [-0.1, -0.05) is 70.2 Å². The molecule has 0 saturated carbocycles. The number of aromatic hydroxyl groups is 1. The fourth-order valence-electron chi connectivity index (χ4n) is 8.89. The van der Waals surface area contributed by atoms with Crippen molar-refractivity contribution >= 4 is 81.0 Å². The van der Waals surface area contributed by atoms with Gasteiger partial charge in [0.05, 0.1) is 4.47 Å². The first-order chi connectivity index (χ1) is 37.7. The summed E-state index contributed by atoms with van der Waals surface area (Å²) in [6.45, 7) is 13.2. The topological polar surface area (TPSA) is 337 Å². The van der Waals surface area contributed by atoms with E-state index in [9.17, 15) is 58.2 Å². The van der Waals surface area contributed by atoms with Crippen molar-refractivity contribution in [3.8, 4) is 5.75 Å². The van der Waals surface area contributed by atoms with Crippen molar-refractivity contribution in [3.63, 3.8) is 0 Å². The number of esters is 2. The molecule has 1 unspecified atom stereocenters. The Morgan fingerprint density at radius 1 is 0.800 bits per heavy atom. The summed E-state index contributed by atoms with van der Waals surface area (Å²) in [5, 5.41) is 39.5. The van der Waals surface area contributed by atoms with Gasteiger partial charge in [0.25, 0.3) is 11.8 Å². The van der Waals surface area contributed by atoms with Gasteiger partial charge in [0.15, 0.2) is 0 Å². The van der Waals surface area contributed by atoms with Crippen LogP contribution in [0.5, 0.6) is 5.75 Å². The van der Waals surface area contributed by atoms with E-state index in [1.165, 1.54) is 65.9 Å². The third-order valence-electron chi connectivity index (χ3n) is 13.5. The van der Waals surface area contributed by atoms with Gasteiger partial charge in [-0.2, -0.15) is 0 Å². The minimum Gasteiger partial charge on any atom is -0.507 e. The quantitative estimate of drug-likeness (QED) is 0.0748. The molecule has 25 heteroatoms. The van der Waals surface area contributed by atoms with E-state index in [0.717, 1.165) is 9.80 Å². The van der Waals surface area contributed by atoms with Gasteiger partial charge in [-0.05, 0) is 105 Å². The molecule has 4 rings (SSSR count). The minimum atomic E-state index is -1.97. The number of benzene rings is 2. The van der Waals surface area contributed by atoms with Gasteiger partial charge in [0.1, 0.15) is 78.2 Å². The summed E-state index contributed by atoms with van der Waals surface area (Å²) < 4.78 is 11.7. The Morgan fingerprint density at radius 2 is 1.41 bits per heavy atom. The Balaban J connectivity index is 1.86. The fraction of sp³-hybridized carbons (Fsp3) is 0.545. The number of ether oxygens (including phenoxy) is 2. The number of hydrogen-bond donors (Lipinski definition) is 9. The van der Waals surface area contributed by atoms with Crippen LogP contribution >= 0.6 is 15.9 Å². The van der Waals surface area contributed by atoms with Gasteiger partial charge in [-0.25, -0.2) is 9.59 Å². The number of rotatable bonds is 18. The van der Waals surface area contributed by atoms with Gasteiger partial charge < -0.3 is 66.7 Å². The maximum Gasteiger partial charge on any atom is 0.329 e. The van der Waals surface area contributed by atoms with Crippen LogP contribution in [0.2, 0.25) is 0 Å². The molecule has 11 atom stereocenters. The van der Waals surface area contributed by atoms with Crippen LogP contribution in [0.15, 0.2) is 64.8 Å². The molecule has 0 aliphatic carbocycles. The van der Waals surface area contributed by atoms with Crippen LogP contribution in [0.4, 0.5) is 0 Å². The number of hydrogen-bond acceptors (Lipinski definition) is 15. The van der Waals surface area contributed by atoms with Crippen LogP contribution in [0.1, 0.15) is 112 Å². The smallest absolute Gasteiger partial charge is 0.329 e. The molecule has 438 valence electrons. The maximum absolute atomic E-state index is 15.1. The SMILES string of the molecule is C/C=C1/NC(=O)[C@@H](NC(=O)[C@@H](NC(=O)[C@H](C)NC(=O)CCC)[C@@H](C)OC(=O)[C@H](C)NC(=O)CCC)[C@@H](C)OC(=O)[C@H](C(C)C)NC(=O)[C@H](Cc2ccc(O)c(Br)c2)N(C)C(=O)[C@H](Cc2ccccc2)N2C(=O)[C@H](CCC2O)NC1=O. The second-order valence-corrected chi connectivity index (χ2v) is 21.1. The van der Waals surface area contributed by atoms with E-state index in [-0.39, 0.29) is 48.7 Å². The summed E-state index contributed by atoms with van der Waals surface area (Å²) in [7, 11) is 1.32. The van der Waals surface area contributed by atoms with E-state index in [1.54, 1.807) is 58.0 Å². The van der Waals surface area contributed by atoms with Crippen molar-refractivity contribution in [2.45, 2.75) is 180 Å². The average molecular weight is 1180 g/mol. The first kappa shape index (κ1) is 65.1. The molecule has 2 fully saturated rings. The van der Waals surface area contributed by atoms with Gasteiger partial charge in [0, 0.05) is 32.7 Å². The zero-order chi connectivity index (χ0) is 59.7. The number of nitrogens with zero attached hydrogens (tertiary/aromatic N) is 2. The molecule has 2 bridgehead atoms. The molecule has 2 aromatic rings. The number of amides is 9. The zero-order valence-corrected chi connectivity index (χ0v) is 48.3. The number of phenolic OH excluding ortho intramolecular Hbond substituents is 1. The van der Waals surface area contributed by atoms with Crippen LogP contribution in [0, 0.1) is 5.92 Å². The second kappa shape index (κ2) is 30.3. The number of halogens is 1. The molecule has 24 nitrogen and oxygen atoms in total. The number of fused-ring (bicyclic) bond motifs is 2. The lowest BCUT2D eigenvalue weighted by Crippen LogP contribution is -2.64. The highest BCUT2D eigenvalue weighted by atomic mass is 79.9. The number of cyclic esters (lactones) is 1. The summed E-state index contributed by atoms with van der Waals surface area (Å²) in [5.41, 5.74) is 0.543. The third-order valence-corrected chi connectivity index (χ3v) is 14.1. The van der Waals surface area contributed by atoms with E-state index in [2.05, 4.69) is 53.1 Å². The number of allylic oxidation sites excluding steroid dienone is 1. The van der Waals surface area contributed by atoms with Crippen molar-refractivity contribution in [2.75, 3.05) is 7.05 Å². The molecule has 2 aromatic carbocycles. The van der Waals surface area contributed by atoms with Gasteiger partial charge >= 0.3 is 11.9 Å². The molecule has 0 spiro atoms. The van der Waals surface area contributed by atoms with Gasteiger partial charge in [-0.3, -0.25) is 43.2 Å². The Morgan fingerprint density at radius 3 is 2.00 bits per heavy atom. The molecule has 9 amide bonds. The number of aliphatic hydroxyl groups excluding tert-OH is 1. The number of aliphatic hydroxyl groups is 1. The van der Waals surface area contributed by atoms with Gasteiger partial charge in [-0.15, -0.1) is 0 Å². The Labute approximate surface area is 473 Å². The van der Waals surface area contributed by atoms with E-state index in [0.29, 0.717) is 24.0 Å². The zero-order valence-electron chi connectivity index (χ0n) is 46.8. The van der Waals surface area contributed by atoms with E-state index >= 15 is 4.79 Å². The number of nitrogens with one attached hydrogen (secondary N) is 7. The molecular formula is C55H76BrN9O15. The molecule has 2 heterocycles. The third kappa shape index (κ3) is 17.8. The lowest BCUT2D eigenvalue weighted by Gasteiger charge is -2.43. The van der Waals surface area contributed by atoms with Crippen molar-refractivity contribution in [2.24, 2.45) is 5.92 Å². The highest BCUT2D eigenvalue weighted by Crippen LogP contribution is 2.28. The molecule has 2 aliphatic rings. The fourth-order valence-corrected chi connectivity index (χ4v) is 9.31. The Bertz CT molecular complexity index is 2640. The van der Waals surface area contributed by atoms with Crippen LogP contribution in [0.25, 0.3) is 0 Å². The van der Waals surface area contributed by atoms with Crippen LogP contribution in [-0.4, -0.2) is 159 Å². The Kier molecular flexibility index (Phi) is 24.6. The number of piperidine rings is 1. The van der Waals surface area contributed by atoms with Crippen LogP contribution in [-0.2, 0) is 75.1 Å².